The Morgan fingerprint density at radius 2 is 2.00 bits per heavy atom. The third kappa shape index (κ3) is 1.97. The van der Waals surface area contributed by atoms with Crippen LogP contribution >= 0.6 is 0 Å². The maximum atomic E-state index is 6.02. The molecular formula is C16H17N5. The number of nitrogens with two attached hydrogens (primary N) is 1. The molecule has 5 nitrogen and oxygen atoms in total. The van der Waals surface area contributed by atoms with Crippen molar-refractivity contribution in [3.05, 3.63) is 60.0 Å². The second-order valence-corrected chi connectivity index (χ2v) is 5.40. The Bertz CT molecular complexity index is 779. The second kappa shape index (κ2) is 4.86. The van der Waals surface area contributed by atoms with E-state index in [0.29, 0.717) is 6.54 Å². The van der Waals surface area contributed by atoms with E-state index in [0.717, 1.165) is 24.3 Å². The Labute approximate surface area is 123 Å². The molecule has 0 spiro atoms. The first-order valence-corrected chi connectivity index (χ1v) is 7.18. The molecule has 1 atom stereocenters. The number of hydrogen-bond acceptors (Lipinski definition) is 4. The highest BCUT2D eigenvalue weighted by Crippen LogP contribution is 2.29. The quantitative estimate of drug-likeness (QED) is 0.774. The van der Waals surface area contributed by atoms with Crippen molar-refractivity contribution < 1.29 is 0 Å². The Morgan fingerprint density at radius 1 is 1.14 bits per heavy atom. The van der Waals surface area contributed by atoms with Crippen molar-refractivity contribution in [1.82, 2.24) is 14.6 Å². The summed E-state index contributed by atoms with van der Waals surface area (Å²) in [5.74, 6) is 0.958. The van der Waals surface area contributed by atoms with Crippen LogP contribution in [0.4, 0.5) is 5.82 Å². The van der Waals surface area contributed by atoms with Crippen LogP contribution in [0.5, 0.6) is 0 Å². The average Bonchev–Trinajstić information content (AvgIpc) is 3.02. The monoisotopic (exact) mass is 279 g/mol. The molecule has 106 valence electrons. The zero-order chi connectivity index (χ0) is 14.2. The van der Waals surface area contributed by atoms with Gasteiger partial charge in [0.15, 0.2) is 5.82 Å². The minimum absolute atomic E-state index is 0.272. The van der Waals surface area contributed by atoms with Gasteiger partial charge in [0.2, 0.25) is 0 Å². The van der Waals surface area contributed by atoms with Gasteiger partial charge in [0.05, 0.1) is 6.20 Å². The summed E-state index contributed by atoms with van der Waals surface area (Å²) in [7, 11) is 0. The van der Waals surface area contributed by atoms with E-state index in [-0.39, 0.29) is 6.04 Å². The molecule has 0 amide bonds. The summed E-state index contributed by atoms with van der Waals surface area (Å²) in [6.07, 6.45) is 6.43. The third-order valence-electron chi connectivity index (χ3n) is 4.20. The molecule has 0 radical (unpaired) electrons. The maximum absolute atomic E-state index is 6.02. The van der Waals surface area contributed by atoms with Gasteiger partial charge in [-0.2, -0.15) is 5.10 Å². The van der Waals surface area contributed by atoms with Crippen LogP contribution in [0.15, 0.2) is 48.9 Å². The molecule has 3 aromatic rings. The fourth-order valence-corrected chi connectivity index (χ4v) is 3.11. The van der Waals surface area contributed by atoms with E-state index < -0.39 is 0 Å². The number of aromatic nitrogens is 3. The standard InChI is InChI=1S/C16H17N5/c17-10-14-9-12-3-1-2-4-13(12)11-20(14)16-15-5-6-19-21(15)8-7-18-16/h1-8,14H,9-11,17H2. The lowest BCUT2D eigenvalue weighted by Gasteiger charge is -2.37. The van der Waals surface area contributed by atoms with Crippen LogP contribution in [0.25, 0.3) is 5.52 Å². The van der Waals surface area contributed by atoms with Crippen molar-refractivity contribution in [3.8, 4) is 0 Å². The van der Waals surface area contributed by atoms with Crippen molar-refractivity contribution in [1.29, 1.82) is 0 Å². The number of hydrogen-bond donors (Lipinski definition) is 1. The van der Waals surface area contributed by atoms with Gasteiger partial charge in [-0.1, -0.05) is 24.3 Å². The normalized spacial score (nSPS) is 18.0. The van der Waals surface area contributed by atoms with E-state index >= 15 is 0 Å². The fourth-order valence-electron chi connectivity index (χ4n) is 3.11. The van der Waals surface area contributed by atoms with Crippen LogP contribution in [-0.2, 0) is 13.0 Å². The molecule has 1 aliphatic heterocycles. The second-order valence-electron chi connectivity index (χ2n) is 5.40. The van der Waals surface area contributed by atoms with Crippen molar-refractivity contribution in [2.24, 2.45) is 5.73 Å². The highest BCUT2D eigenvalue weighted by molar-refractivity contribution is 5.69. The number of anilines is 1. The van der Waals surface area contributed by atoms with Crippen LogP contribution in [0, 0.1) is 0 Å². The Hall–Kier alpha value is -2.40. The van der Waals surface area contributed by atoms with Crippen LogP contribution in [0.3, 0.4) is 0 Å². The number of nitrogens with zero attached hydrogens (tertiary/aromatic N) is 4. The SMILES string of the molecule is NCC1Cc2ccccc2CN1c1nccn2nccc12. The fraction of sp³-hybridized carbons (Fsp3) is 0.250. The molecule has 1 unspecified atom stereocenters. The van der Waals surface area contributed by atoms with Gasteiger partial charge in [0, 0.05) is 31.5 Å². The largest absolute Gasteiger partial charge is 0.346 e. The van der Waals surface area contributed by atoms with Gasteiger partial charge in [0.25, 0.3) is 0 Å². The molecule has 0 saturated carbocycles. The minimum Gasteiger partial charge on any atom is -0.346 e. The van der Waals surface area contributed by atoms with Gasteiger partial charge < -0.3 is 10.6 Å². The van der Waals surface area contributed by atoms with E-state index in [1.807, 2.05) is 16.8 Å². The van der Waals surface area contributed by atoms with Gasteiger partial charge in [-0.05, 0) is 23.6 Å². The molecule has 2 aromatic heterocycles. The van der Waals surface area contributed by atoms with Gasteiger partial charge in [-0.15, -0.1) is 0 Å². The zero-order valence-corrected chi connectivity index (χ0v) is 11.7. The number of fused-ring (bicyclic) bond motifs is 2. The summed E-state index contributed by atoms with van der Waals surface area (Å²) < 4.78 is 1.86. The van der Waals surface area contributed by atoms with Crippen LogP contribution in [-0.4, -0.2) is 27.2 Å². The van der Waals surface area contributed by atoms with Crippen molar-refractivity contribution in [2.75, 3.05) is 11.4 Å². The van der Waals surface area contributed by atoms with Crippen molar-refractivity contribution >= 4 is 11.3 Å². The zero-order valence-electron chi connectivity index (χ0n) is 11.7. The topological polar surface area (TPSA) is 59.5 Å². The molecule has 1 aromatic carbocycles. The van der Waals surface area contributed by atoms with E-state index in [1.165, 1.54) is 11.1 Å². The van der Waals surface area contributed by atoms with Gasteiger partial charge in [-0.25, -0.2) is 9.50 Å². The average molecular weight is 279 g/mol. The summed E-state index contributed by atoms with van der Waals surface area (Å²) in [5.41, 5.74) is 9.78. The number of rotatable bonds is 2. The first-order chi connectivity index (χ1) is 10.4. The maximum Gasteiger partial charge on any atom is 0.155 e. The third-order valence-corrected chi connectivity index (χ3v) is 4.20. The summed E-state index contributed by atoms with van der Waals surface area (Å²) in [6, 6.07) is 10.8. The minimum atomic E-state index is 0.272. The predicted molar refractivity (Wildman–Crippen MR) is 82.2 cm³/mol. The highest BCUT2D eigenvalue weighted by atomic mass is 15.3. The molecule has 3 heterocycles. The molecule has 0 bridgehead atoms. The Balaban J connectivity index is 1.82. The molecule has 4 rings (SSSR count). The summed E-state index contributed by atoms with van der Waals surface area (Å²) in [5, 5.41) is 4.29. The smallest absolute Gasteiger partial charge is 0.155 e. The van der Waals surface area contributed by atoms with Crippen LogP contribution in [0.2, 0.25) is 0 Å². The lowest BCUT2D eigenvalue weighted by molar-refractivity contribution is 0.556. The molecule has 1 aliphatic rings. The van der Waals surface area contributed by atoms with Gasteiger partial charge >= 0.3 is 0 Å². The molecule has 21 heavy (non-hydrogen) atoms. The van der Waals surface area contributed by atoms with Crippen molar-refractivity contribution in [2.45, 2.75) is 19.0 Å². The molecule has 2 N–H and O–H groups in total. The van der Waals surface area contributed by atoms with Crippen LogP contribution < -0.4 is 10.6 Å². The summed E-state index contributed by atoms with van der Waals surface area (Å²) in [4.78, 5) is 6.89. The summed E-state index contributed by atoms with van der Waals surface area (Å²) in [6.45, 7) is 1.46. The first kappa shape index (κ1) is 12.3. The predicted octanol–water partition coefficient (Wildman–Crippen LogP) is 1.62. The Morgan fingerprint density at radius 3 is 2.86 bits per heavy atom. The van der Waals surface area contributed by atoms with E-state index in [1.54, 1.807) is 12.4 Å². The van der Waals surface area contributed by atoms with Crippen molar-refractivity contribution in [3.63, 3.8) is 0 Å². The van der Waals surface area contributed by atoms with Gasteiger partial charge in [-0.3, -0.25) is 0 Å². The van der Waals surface area contributed by atoms with E-state index in [9.17, 15) is 0 Å². The molecule has 0 fully saturated rings. The van der Waals surface area contributed by atoms with E-state index in [2.05, 4.69) is 39.2 Å². The number of benzene rings is 1. The molecule has 0 aliphatic carbocycles. The lowest BCUT2D eigenvalue weighted by atomic mass is 9.94. The van der Waals surface area contributed by atoms with Crippen LogP contribution in [0.1, 0.15) is 11.1 Å². The van der Waals surface area contributed by atoms with Gasteiger partial charge in [0.1, 0.15) is 5.52 Å². The summed E-state index contributed by atoms with van der Waals surface area (Å²) >= 11 is 0. The lowest BCUT2D eigenvalue weighted by Crippen LogP contribution is -2.45. The molecular weight excluding hydrogens is 262 g/mol. The first-order valence-electron chi connectivity index (χ1n) is 7.18. The highest BCUT2D eigenvalue weighted by Gasteiger charge is 2.27. The Kier molecular flexibility index (Phi) is 2.86. The molecule has 0 saturated heterocycles. The van der Waals surface area contributed by atoms with E-state index in [4.69, 9.17) is 5.73 Å². The molecule has 5 heteroatoms.